The lowest BCUT2D eigenvalue weighted by molar-refractivity contribution is -0.0793. The first-order chi connectivity index (χ1) is 10.3. The van der Waals surface area contributed by atoms with Gasteiger partial charge in [0, 0.05) is 0 Å². The van der Waals surface area contributed by atoms with E-state index in [0.29, 0.717) is 9.92 Å². The average molecular weight is 328 g/mol. The molecule has 120 valence electrons. The van der Waals surface area contributed by atoms with Crippen LogP contribution in [0.5, 0.6) is 5.88 Å². The first-order valence-corrected chi connectivity index (χ1v) is 7.28. The molecule has 3 heterocycles. The van der Waals surface area contributed by atoms with E-state index in [4.69, 9.17) is 10.5 Å². The number of aliphatic hydroxyl groups excluding tert-OH is 2. The Morgan fingerprint density at radius 1 is 1.50 bits per heavy atom. The lowest BCUT2D eigenvalue weighted by Crippen LogP contribution is -2.49. The number of ether oxygens (including phenoxy) is 1. The summed E-state index contributed by atoms with van der Waals surface area (Å²) in [5.74, 6) is -0.206. The topological polar surface area (TPSA) is 145 Å². The quantitative estimate of drug-likeness (QED) is 0.457. The van der Waals surface area contributed by atoms with Gasteiger partial charge in [0.05, 0.1) is 11.6 Å². The number of nitrogen functional groups attached to an aromatic ring is 1. The Hall–Kier alpha value is -1.59. The van der Waals surface area contributed by atoms with Gasteiger partial charge in [-0.2, -0.15) is 9.97 Å². The first kappa shape index (κ1) is 15.3. The maximum absolute atomic E-state index is 10.3. The number of rotatable bonds is 2. The van der Waals surface area contributed by atoms with Crippen molar-refractivity contribution in [1.82, 2.24) is 9.97 Å². The summed E-state index contributed by atoms with van der Waals surface area (Å²) in [6, 6.07) is 0. The monoisotopic (exact) mass is 328 g/mol. The van der Waals surface area contributed by atoms with Crippen LogP contribution in [-0.4, -0.2) is 61.0 Å². The van der Waals surface area contributed by atoms with Crippen molar-refractivity contribution in [3.8, 4) is 5.88 Å². The number of hydrogen-bond acceptors (Lipinski definition) is 10. The zero-order chi connectivity index (χ0) is 16.2. The Labute approximate surface area is 130 Å². The lowest BCUT2D eigenvalue weighted by atomic mass is 9.95. The third-order valence-corrected chi connectivity index (χ3v) is 4.81. The van der Waals surface area contributed by atoms with Gasteiger partial charge < -0.3 is 30.9 Å². The van der Waals surface area contributed by atoms with Gasteiger partial charge in [-0.15, -0.1) is 0 Å². The van der Waals surface area contributed by atoms with Gasteiger partial charge in [-0.05, 0) is 6.92 Å². The summed E-state index contributed by atoms with van der Waals surface area (Å²) in [6.07, 6.45) is -3.32. The van der Waals surface area contributed by atoms with Crippen LogP contribution >= 0.6 is 11.8 Å². The predicted octanol–water partition coefficient (Wildman–Crippen LogP) is -1.02. The molecule has 9 nitrogen and oxygen atoms in total. The summed E-state index contributed by atoms with van der Waals surface area (Å²) in [7, 11) is 0. The van der Waals surface area contributed by atoms with E-state index in [0.717, 1.165) is 11.8 Å². The van der Waals surface area contributed by atoms with Gasteiger partial charge in [-0.3, -0.25) is 4.90 Å². The molecule has 0 aromatic carbocycles. The Morgan fingerprint density at radius 2 is 2.18 bits per heavy atom. The van der Waals surface area contributed by atoms with Crippen molar-refractivity contribution >= 4 is 23.5 Å². The van der Waals surface area contributed by atoms with E-state index in [1.54, 1.807) is 0 Å². The van der Waals surface area contributed by atoms with Gasteiger partial charge >= 0.3 is 0 Å². The molecule has 2 aliphatic rings. The van der Waals surface area contributed by atoms with Crippen LogP contribution in [0.4, 0.5) is 11.8 Å². The molecule has 0 unspecified atom stereocenters. The van der Waals surface area contributed by atoms with Crippen molar-refractivity contribution in [3.63, 3.8) is 0 Å². The van der Waals surface area contributed by atoms with E-state index in [2.05, 4.69) is 16.5 Å². The molecule has 0 saturated carbocycles. The maximum atomic E-state index is 10.3. The number of anilines is 2. The highest BCUT2D eigenvalue weighted by atomic mass is 32.2. The van der Waals surface area contributed by atoms with E-state index < -0.39 is 30.6 Å². The number of aromatic nitrogens is 2. The van der Waals surface area contributed by atoms with Gasteiger partial charge in [0.15, 0.2) is 12.0 Å². The van der Waals surface area contributed by atoms with Crippen LogP contribution in [0.25, 0.3) is 0 Å². The SMILES string of the molecule is C=C1Sc2c(O)nc(N)nc2N1[C@@H]1O[C@H](CO)[C@@](C)(O)[C@H]1O. The van der Waals surface area contributed by atoms with Crippen LogP contribution in [0, 0.1) is 0 Å². The molecule has 3 rings (SSSR count). The maximum Gasteiger partial charge on any atom is 0.232 e. The molecule has 10 heteroatoms. The van der Waals surface area contributed by atoms with E-state index in [-0.39, 0.29) is 17.6 Å². The fourth-order valence-electron chi connectivity index (χ4n) is 2.54. The minimum absolute atomic E-state index is 0.144. The van der Waals surface area contributed by atoms with E-state index in [1.165, 1.54) is 11.8 Å². The van der Waals surface area contributed by atoms with Crippen LogP contribution in [-0.2, 0) is 4.74 Å². The molecule has 1 aromatic heterocycles. The highest BCUT2D eigenvalue weighted by Crippen LogP contribution is 2.51. The molecule has 0 aliphatic carbocycles. The summed E-state index contributed by atoms with van der Waals surface area (Å²) in [6.45, 7) is 4.74. The van der Waals surface area contributed by atoms with E-state index >= 15 is 0 Å². The van der Waals surface area contributed by atoms with Gasteiger partial charge in [0.2, 0.25) is 11.8 Å². The summed E-state index contributed by atoms with van der Waals surface area (Å²) < 4.78 is 5.55. The smallest absolute Gasteiger partial charge is 0.232 e. The van der Waals surface area contributed by atoms with Gasteiger partial charge in [-0.1, -0.05) is 18.3 Å². The van der Waals surface area contributed by atoms with Crippen molar-refractivity contribution in [2.75, 3.05) is 17.2 Å². The fraction of sp³-hybridized carbons (Fsp3) is 0.500. The molecule has 4 atom stereocenters. The van der Waals surface area contributed by atoms with Gasteiger partial charge in [-0.25, -0.2) is 0 Å². The lowest BCUT2D eigenvalue weighted by Gasteiger charge is -2.29. The van der Waals surface area contributed by atoms with Crippen molar-refractivity contribution in [2.45, 2.75) is 35.9 Å². The van der Waals surface area contributed by atoms with Crippen LogP contribution in [0.1, 0.15) is 6.92 Å². The largest absolute Gasteiger partial charge is 0.492 e. The Morgan fingerprint density at radius 3 is 2.77 bits per heavy atom. The summed E-state index contributed by atoms with van der Waals surface area (Å²) >= 11 is 1.10. The zero-order valence-corrected chi connectivity index (χ0v) is 12.5. The molecule has 0 radical (unpaired) electrons. The molecule has 0 bridgehead atoms. The zero-order valence-electron chi connectivity index (χ0n) is 11.7. The number of nitrogens with two attached hydrogens (primary N) is 1. The number of thioether (sulfide) groups is 1. The molecule has 0 amide bonds. The van der Waals surface area contributed by atoms with Crippen LogP contribution in [0.15, 0.2) is 16.5 Å². The van der Waals surface area contributed by atoms with E-state index in [1.807, 2.05) is 0 Å². The fourth-order valence-corrected chi connectivity index (χ4v) is 3.43. The normalized spacial score (nSPS) is 34.3. The molecular weight excluding hydrogens is 312 g/mol. The minimum Gasteiger partial charge on any atom is -0.492 e. The van der Waals surface area contributed by atoms with Crippen molar-refractivity contribution in [1.29, 1.82) is 0 Å². The summed E-state index contributed by atoms with van der Waals surface area (Å²) in [5.41, 5.74) is 3.89. The number of fused-ring (bicyclic) bond motifs is 1. The second-order valence-electron chi connectivity index (χ2n) is 5.29. The Balaban J connectivity index is 2.03. The Kier molecular flexibility index (Phi) is 3.45. The van der Waals surface area contributed by atoms with Gasteiger partial charge in [0.25, 0.3) is 0 Å². The molecule has 0 spiro atoms. The summed E-state index contributed by atoms with van der Waals surface area (Å²) in [5, 5.41) is 40.2. The second kappa shape index (κ2) is 4.96. The van der Waals surface area contributed by atoms with Crippen molar-refractivity contribution < 1.29 is 25.2 Å². The Bertz CT molecular complexity index is 640. The summed E-state index contributed by atoms with van der Waals surface area (Å²) in [4.78, 5) is 9.46. The van der Waals surface area contributed by atoms with Crippen molar-refractivity contribution in [3.05, 3.63) is 11.6 Å². The minimum atomic E-state index is -1.65. The third-order valence-electron chi connectivity index (χ3n) is 3.81. The van der Waals surface area contributed by atoms with Crippen LogP contribution in [0.3, 0.4) is 0 Å². The molecule has 1 aromatic rings. The molecule has 1 fully saturated rings. The molecule has 2 aliphatic heterocycles. The molecular formula is C12H16N4O5S. The highest BCUT2D eigenvalue weighted by Gasteiger charge is 2.55. The molecule has 22 heavy (non-hydrogen) atoms. The second-order valence-corrected chi connectivity index (χ2v) is 6.38. The average Bonchev–Trinajstić information content (AvgIpc) is 2.86. The number of aromatic hydroxyl groups is 1. The van der Waals surface area contributed by atoms with Crippen LogP contribution in [0.2, 0.25) is 0 Å². The van der Waals surface area contributed by atoms with Crippen molar-refractivity contribution in [2.24, 2.45) is 0 Å². The van der Waals surface area contributed by atoms with E-state index in [9.17, 15) is 20.4 Å². The third kappa shape index (κ3) is 2.03. The van der Waals surface area contributed by atoms with Gasteiger partial charge in [0.1, 0.15) is 22.7 Å². The molecule has 6 N–H and O–H groups in total. The number of hydrogen-bond donors (Lipinski definition) is 5. The molecule has 1 saturated heterocycles. The standard InChI is InChI=1S/C12H16N4O5S/c1-4-16(8-6(22-4)9(19)15-11(13)14-8)10-7(18)12(2,20)5(3-17)21-10/h5,7,10,17-18,20H,1,3H2,2H3,(H3,13,14,15,19)/t5-,7+,10-,12-/m1/s1. The number of aliphatic hydroxyl groups is 3. The predicted molar refractivity (Wildman–Crippen MR) is 78.0 cm³/mol. The number of nitrogens with zero attached hydrogens (tertiary/aromatic N) is 3. The first-order valence-electron chi connectivity index (χ1n) is 6.46. The highest BCUT2D eigenvalue weighted by molar-refractivity contribution is 8.03. The van der Waals surface area contributed by atoms with Crippen LogP contribution < -0.4 is 10.6 Å².